The molecular formula is C18H22N2O5S. The molecule has 1 N–H and O–H groups in total. The summed E-state index contributed by atoms with van der Waals surface area (Å²) in [6.45, 7) is 3.16. The van der Waals surface area contributed by atoms with E-state index in [1.807, 2.05) is 0 Å². The Morgan fingerprint density at radius 3 is 2.54 bits per heavy atom. The standard InChI is InChI=1S/C18H22N2O5S/c1-12-16(11-26(22,23)15-7-9-19-10-8-15)20-17(25-12)13-3-5-14(6-4-13)18(21)24-2/h3-6,15,19H,7-11H2,1-2H3. The Bertz CT molecular complexity index is 881. The van der Waals surface area contributed by atoms with Crippen molar-refractivity contribution in [2.24, 2.45) is 0 Å². The second-order valence-corrected chi connectivity index (χ2v) is 8.63. The zero-order valence-electron chi connectivity index (χ0n) is 14.8. The third-order valence-electron chi connectivity index (χ3n) is 4.58. The van der Waals surface area contributed by atoms with Crippen LogP contribution in [0.5, 0.6) is 0 Å². The van der Waals surface area contributed by atoms with E-state index in [2.05, 4.69) is 15.0 Å². The molecule has 0 saturated carbocycles. The van der Waals surface area contributed by atoms with Crippen LogP contribution in [0.25, 0.3) is 11.5 Å². The van der Waals surface area contributed by atoms with E-state index >= 15 is 0 Å². The Labute approximate surface area is 152 Å². The summed E-state index contributed by atoms with van der Waals surface area (Å²) in [6.07, 6.45) is 1.25. The summed E-state index contributed by atoms with van der Waals surface area (Å²) in [5, 5.41) is 2.84. The van der Waals surface area contributed by atoms with E-state index in [-0.39, 0.29) is 11.0 Å². The topological polar surface area (TPSA) is 98.5 Å². The molecule has 7 nitrogen and oxygen atoms in total. The molecule has 0 amide bonds. The van der Waals surface area contributed by atoms with Gasteiger partial charge >= 0.3 is 5.97 Å². The zero-order valence-corrected chi connectivity index (χ0v) is 15.6. The monoisotopic (exact) mass is 378 g/mol. The number of esters is 1. The first-order valence-electron chi connectivity index (χ1n) is 8.48. The SMILES string of the molecule is COC(=O)c1ccc(-c2nc(CS(=O)(=O)C3CCNCC3)c(C)o2)cc1. The van der Waals surface area contributed by atoms with E-state index in [0.29, 0.717) is 41.3 Å². The lowest BCUT2D eigenvalue weighted by Gasteiger charge is -2.22. The second kappa shape index (κ2) is 7.59. The van der Waals surface area contributed by atoms with Crippen molar-refractivity contribution in [2.75, 3.05) is 20.2 Å². The normalized spacial score (nSPS) is 15.8. The Kier molecular flexibility index (Phi) is 5.43. The average molecular weight is 378 g/mol. The molecule has 0 bridgehead atoms. The highest BCUT2D eigenvalue weighted by atomic mass is 32.2. The molecule has 1 aromatic carbocycles. The Balaban J connectivity index is 1.79. The van der Waals surface area contributed by atoms with Crippen molar-refractivity contribution >= 4 is 15.8 Å². The number of aryl methyl sites for hydroxylation is 1. The molecule has 26 heavy (non-hydrogen) atoms. The Morgan fingerprint density at radius 2 is 1.92 bits per heavy atom. The number of carbonyl (C=O) groups is 1. The van der Waals surface area contributed by atoms with Crippen molar-refractivity contribution < 1.29 is 22.4 Å². The molecule has 0 unspecified atom stereocenters. The molecule has 1 saturated heterocycles. The van der Waals surface area contributed by atoms with Gasteiger partial charge < -0.3 is 14.5 Å². The molecule has 1 aromatic heterocycles. The number of nitrogens with one attached hydrogen (secondary N) is 1. The fourth-order valence-electron chi connectivity index (χ4n) is 3.02. The maximum absolute atomic E-state index is 12.6. The van der Waals surface area contributed by atoms with Crippen LogP contribution in [0.15, 0.2) is 28.7 Å². The van der Waals surface area contributed by atoms with Gasteiger partial charge in [0.2, 0.25) is 5.89 Å². The molecule has 1 aliphatic rings. The van der Waals surface area contributed by atoms with E-state index in [1.165, 1.54) is 7.11 Å². The van der Waals surface area contributed by atoms with E-state index in [9.17, 15) is 13.2 Å². The number of ether oxygens (including phenoxy) is 1. The number of rotatable bonds is 5. The van der Waals surface area contributed by atoms with Crippen LogP contribution in [-0.2, 0) is 20.3 Å². The summed E-state index contributed by atoms with van der Waals surface area (Å²) in [4.78, 5) is 15.9. The van der Waals surface area contributed by atoms with Crippen LogP contribution in [0.4, 0.5) is 0 Å². The van der Waals surface area contributed by atoms with Crippen molar-refractivity contribution in [2.45, 2.75) is 30.8 Å². The van der Waals surface area contributed by atoms with Crippen LogP contribution in [0, 0.1) is 6.92 Å². The lowest BCUT2D eigenvalue weighted by Crippen LogP contribution is -2.36. The summed E-state index contributed by atoms with van der Waals surface area (Å²) in [5.41, 5.74) is 1.54. The van der Waals surface area contributed by atoms with E-state index in [0.717, 1.165) is 13.1 Å². The van der Waals surface area contributed by atoms with E-state index in [4.69, 9.17) is 4.42 Å². The number of sulfone groups is 1. The predicted octanol–water partition coefficient (Wildman–Crippen LogP) is 2.10. The molecule has 2 heterocycles. The van der Waals surface area contributed by atoms with Gasteiger partial charge in [-0.25, -0.2) is 18.2 Å². The molecule has 3 rings (SSSR count). The predicted molar refractivity (Wildman–Crippen MR) is 96.5 cm³/mol. The van der Waals surface area contributed by atoms with E-state index in [1.54, 1.807) is 31.2 Å². The minimum atomic E-state index is -3.27. The first-order chi connectivity index (χ1) is 12.4. The van der Waals surface area contributed by atoms with Gasteiger partial charge in [-0.2, -0.15) is 0 Å². The summed E-state index contributed by atoms with van der Waals surface area (Å²) in [5.74, 6) is 0.297. The van der Waals surface area contributed by atoms with Crippen LogP contribution < -0.4 is 5.32 Å². The van der Waals surface area contributed by atoms with Gasteiger partial charge in [0.25, 0.3) is 0 Å². The number of methoxy groups -OCH3 is 1. The van der Waals surface area contributed by atoms with Crippen molar-refractivity contribution in [1.29, 1.82) is 0 Å². The van der Waals surface area contributed by atoms with Crippen LogP contribution in [0.1, 0.15) is 34.7 Å². The van der Waals surface area contributed by atoms with Crippen molar-refractivity contribution in [3.05, 3.63) is 41.3 Å². The lowest BCUT2D eigenvalue weighted by molar-refractivity contribution is 0.0600. The third kappa shape index (κ3) is 3.96. The molecular weight excluding hydrogens is 356 g/mol. The number of benzene rings is 1. The zero-order chi connectivity index (χ0) is 18.7. The van der Waals surface area contributed by atoms with Gasteiger partial charge in [0.15, 0.2) is 9.84 Å². The first-order valence-corrected chi connectivity index (χ1v) is 10.2. The summed E-state index contributed by atoms with van der Waals surface area (Å²) in [7, 11) is -1.95. The van der Waals surface area contributed by atoms with Crippen molar-refractivity contribution in [3.8, 4) is 11.5 Å². The molecule has 0 radical (unpaired) electrons. The second-order valence-electron chi connectivity index (χ2n) is 6.35. The molecule has 1 fully saturated rings. The highest BCUT2D eigenvalue weighted by molar-refractivity contribution is 7.91. The van der Waals surface area contributed by atoms with Crippen LogP contribution in [0.2, 0.25) is 0 Å². The summed E-state index contributed by atoms with van der Waals surface area (Å²) < 4.78 is 35.6. The molecule has 1 aliphatic heterocycles. The minimum Gasteiger partial charge on any atom is -0.465 e. The van der Waals surface area contributed by atoms with Crippen LogP contribution in [0.3, 0.4) is 0 Å². The van der Waals surface area contributed by atoms with Gasteiger partial charge in [-0.05, 0) is 57.1 Å². The third-order valence-corrected chi connectivity index (χ3v) is 6.74. The number of aromatic nitrogens is 1. The maximum atomic E-state index is 12.6. The van der Waals surface area contributed by atoms with Crippen LogP contribution >= 0.6 is 0 Å². The number of piperidine rings is 1. The average Bonchev–Trinajstić information content (AvgIpc) is 3.02. The lowest BCUT2D eigenvalue weighted by atomic mass is 10.1. The number of nitrogens with zero attached hydrogens (tertiary/aromatic N) is 1. The summed E-state index contributed by atoms with van der Waals surface area (Å²) >= 11 is 0. The molecule has 2 aromatic rings. The smallest absolute Gasteiger partial charge is 0.337 e. The fourth-order valence-corrected chi connectivity index (χ4v) is 4.85. The minimum absolute atomic E-state index is 0.118. The first kappa shape index (κ1) is 18.6. The fraction of sp³-hybridized carbons (Fsp3) is 0.444. The van der Waals surface area contributed by atoms with E-state index < -0.39 is 15.8 Å². The molecule has 8 heteroatoms. The maximum Gasteiger partial charge on any atom is 0.337 e. The molecule has 140 valence electrons. The molecule has 0 spiro atoms. The number of hydrogen-bond acceptors (Lipinski definition) is 7. The van der Waals surface area contributed by atoms with Crippen molar-refractivity contribution in [1.82, 2.24) is 10.3 Å². The van der Waals surface area contributed by atoms with Crippen molar-refractivity contribution in [3.63, 3.8) is 0 Å². The highest BCUT2D eigenvalue weighted by Crippen LogP contribution is 2.25. The van der Waals surface area contributed by atoms with Gasteiger partial charge in [-0.15, -0.1) is 0 Å². The Hall–Kier alpha value is -2.19. The van der Waals surface area contributed by atoms with Gasteiger partial charge in [0, 0.05) is 5.56 Å². The molecule has 0 atom stereocenters. The number of oxazole rings is 1. The quantitative estimate of drug-likeness (QED) is 0.796. The van der Waals surface area contributed by atoms with Gasteiger partial charge in [0.1, 0.15) is 5.76 Å². The van der Waals surface area contributed by atoms with Gasteiger partial charge in [-0.1, -0.05) is 0 Å². The summed E-state index contributed by atoms with van der Waals surface area (Å²) in [6, 6.07) is 6.63. The number of hydrogen-bond donors (Lipinski definition) is 1. The van der Waals surface area contributed by atoms with Gasteiger partial charge in [-0.3, -0.25) is 0 Å². The number of carbonyl (C=O) groups excluding carboxylic acids is 1. The Morgan fingerprint density at radius 1 is 1.27 bits per heavy atom. The largest absolute Gasteiger partial charge is 0.465 e. The van der Waals surface area contributed by atoms with Crippen LogP contribution in [-0.4, -0.2) is 44.8 Å². The van der Waals surface area contributed by atoms with Gasteiger partial charge in [0.05, 0.1) is 29.4 Å². The molecule has 0 aliphatic carbocycles. The highest BCUT2D eigenvalue weighted by Gasteiger charge is 2.29.